The fourth-order valence-corrected chi connectivity index (χ4v) is 3.86. The Morgan fingerprint density at radius 3 is 2.71 bits per heavy atom. The minimum atomic E-state index is -0.152. The number of nitrogens with zero attached hydrogens (tertiary/aromatic N) is 3. The molecule has 1 atom stereocenters. The zero-order valence-electron chi connectivity index (χ0n) is 15.5. The zero-order valence-corrected chi connectivity index (χ0v) is 16.3. The third-order valence-electron chi connectivity index (χ3n) is 4.38. The van der Waals surface area contributed by atoms with Gasteiger partial charge in [-0.05, 0) is 13.3 Å². The van der Waals surface area contributed by atoms with Crippen LogP contribution in [0.15, 0.2) is 16.0 Å². The Morgan fingerprint density at radius 2 is 2.12 bits per heavy atom. The number of amides is 1. The number of fused-ring (bicyclic) bond motifs is 1. The lowest BCUT2D eigenvalue weighted by molar-refractivity contribution is -0.135. The van der Waals surface area contributed by atoms with Gasteiger partial charge < -0.3 is 4.90 Å². The van der Waals surface area contributed by atoms with Gasteiger partial charge in [-0.1, -0.05) is 45.9 Å². The second-order valence-electron chi connectivity index (χ2n) is 7.40. The van der Waals surface area contributed by atoms with Gasteiger partial charge in [0.2, 0.25) is 5.91 Å². The van der Waals surface area contributed by atoms with Crippen LogP contribution in [0.3, 0.4) is 0 Å². The highest BCUT2D eigenvalue weighted by molar-refractivity contribution is 7.99. The van der Waals surface area contributed by atoms with Gasteiger partial charge in [0.1, 0.15) is 0 Å². The SMILES string of the molecule is CCCCN(CC)C(=O)C1CSc2nc(C(C)(C)C)cc(=O)n2C1. The van der Waals surface area contributed by atoms with Crippen LogP contribution in [0.1, 0.15) is 53.2 Å². The van der Waals surface area contributed by atoms with Crippen molar-refractivity contribution in [3.8, 4) is 0 Å². The molecule has 2 rings (SSSR count). The van der Waals surface area contributed by atoms with Crippen molar-refractivity contribution < 1.29 is 4.79 Å². The highest BCUT2D eigenvalue weighted by atomic mass is 32.2. The molecule has 5 nitrogen and oxygen atoms in total. The van der Waals surface area contributed by atoms with Gasteiger partial charge in [-0.3, -0.25) is 14.2 Å². The zero-order chi connectivity index (χ0) is 17.9. The number of carbonyl (C=O) groups excluding carboxylic acids is 1. The lowest BCUT2D eigenvalue weighted by Gasteiger charge is -2.30. The van der Waals surface area contributed by atoms with Gasteiger partial charge in [0, 0.05) is 36.9 Å². The van der Waals surface area contributed by atoms with Crippen molar-refractivity contribution in [2.24, 2.45) is 5.92 Å². The number of hydrogen-bond donors (Lipinski definition) is 0. The van der Waals surface area contributed by atoms with Gasteiger partial charge in [0.05, 0.1) is 11.6 Å². The smallest absolute Gasteiger partial charge is 0.254 e. The third kappa shape index (κ3) is 4.21. The minimum Gasteiger partial charge on any atom is -0.343 e. The topological polar surface area (TPSA) is 55.2 Å². The average molecular weight is 352 g/mol. The standard InChI is InChI=1S/C18H29N3O2S/c1-6-8-9-20(7-2)16(23)13-11-21-15(22)10-14(18(3,4)5)19-17(21)24-12-13/h10,13H,6-9,11-12H2,1-5H3. The predicted molar refractivity (Wildman–Crippen MR) is 98.6 cm³/mol. The molecule has 0 aromatic carbocycles. The summed E-state index contributed by atoms with van der Waals surface area (Å²) in [5.74, 6) is 0.719. The molecule has 134 valence electrons. The van der Waals surface area contributed by atoms with E-state index in [0.717, 1.165) is 36.8 Å². The summed E-state index contributed by atoms with van der Waals surface area (Å²) in [5.41, 5.74) is 0.613. The maximum Gasteiger partial charge on any atom is 0.254 e. The summed E-state index contributed by atoms with van der Waals surface area (Å²) in [5, 5.41) is 0.744. The molecule has 1 aromatic rings. The molecule has 1 amide bonds. The summed E-state index contributed by atoms with van der Waals surface area (Å²) in [4.78, 5) is 31.8. The number of aromatic nitrogens is 2. The molecule has 0 saturated carbocycles. The van der Waals surface area contributed by atoms with Gasteiger partial charge in [-0.25, -0.2) is 4.98 Å². The first kappa shape index (κ1) is 19.0. The van der Waals surface area contributed by atoms with Gasteiger partial charge in [-0.2, -0.15) is 0 Å². The maximum atomic E-state index is 12.8. The van der Waals surface area contributed by atoms with Crippen molar-refractivity contribution in [3.05, 3.63) is 22.1 Å². The fourth-order valence-electron chi connectivity index (χ4n) is 2.78. The quantitative estimate of drug-likeness (QED) is 0.766. The first-order valence-corrected chi connectivity index (χ1v) is 9.80. The number of hydrogen-bond acceptors (Lipinski definition) is 4. The highest BCUT2D eigenvalue weighted by Crippen LogP contribution is 2.28. The van der Waals surface area contributed by atoms with Gasteiger partial charge >= 0.3 is 0 Å². The van der Waals surface area contributed by atoms with Crippen molar-refractivity contribution in [3.63, 3.8) is 0 Å². The van der Waals surface area contributed by atoms with Crippen LogP contribution in [0, 0.1) is 5.92 Å². The van der Waals surface area contributed by atoms with E-state index in [2.05, 4.69) is 32.7 Å². The van der Waals surface area contributed by atoms with E-state index in [9.17, 15) is 9.59 Å². The van der Waals surface area contributed by atoms with E-state index in [0.29, 0.717) is 12.3 Å². The molecular weight excluding hydrogens is 322 g/mol. The first-order valence-electron chi connectivity index (χ1n) is 8.81. The molecule has 1 unspecified atom stereocenters. The Balaban J connectivity index is 2.20. The van der Waals surface area contributed by atoms with E-state index in [-0.39, 0.29) is 22.8 Å². The maximum absolute atomic E-state index is 12.8. The van der Waals surface area contributed by atoms with Crippen LogP contribution in [0.25, 0.3) is 0 Å². The summed E-state index contributed by atoms with van der Waals surface area (Å²) in [6.45, 7) is 12.3. The van der Waals surface area contributed by atoms with Crippen LogP contribution in [0.4, 0.5) is 0 Å². The molecule has 24 heavy (non-hydrogen) atoms. The number of thioether (sulfide) groups is 1. The molecule has 1 aliphatic rings. The van der Waals surface area contributed by atoms with Crippen LogP contribution in [-0.4, -0.2) is 39.2 Å². The molecule has 0 aliphatic carbocycles. The van der Waals surface area contributed by atoms with Crippen molar-refractivity contribution >= 4 is 17.7 Å². The summed E-state index contributed by atoms with van der Waals surface area (Å²) in [6.07, 6.45) is 2.09. The fraction of sp³-hybridized carbons (Fsp3) is 0.722. The summed E-state index contributed by atoms with van der Waals surface area (Å²) < 4.78 is 1.67. The second-order valence-corrected chi connectivity index (χ2v) is 8.39. The summed E-state index contributed by atoms with van der Waals surface area (Å²) in [7, 11) is 0. The van der Waals surface area contributed by atoms with E-state index < -0.39 is 0 Å². The van der Waals surface area contributed by atoms with Gasteiger partial charge in [0.15, 0.2) is 5.16 Å². The molecule has 0 spiro atoms. The van der Waals surface area contributed by atoms with Crippen molar-refractivity contribution in [1.82, 2.24) is 14.5 Å². The Morgan fingerprint density at radius 1 is 1.42 bits per heavy atom. The van der Waals surface area contributed by atoms with Gasteiger partial charge in [0.25, 0.3) is 5.56 Å². The number of carbonyl (C=O) groups is 1. The van der Waals surface area contributed by atoms with Crippen LogP contribution in [-0.2, 0) is 16.8 Å². The van der Waals surface area contributed by atoms with Crippen LogP contribution >= 0.6 is 11.8 Å². The Labute approximate surface area is 148 Å². The van der Waals surface area contributed by atoms with E-state index >= 15 is 0 Å². The molecule has 0 radical (unpaired) electrons. The largest absolute Gasteiger partial charge is 0.343 e. The van der Waals surface area contributed by atoms with Crippen LogP contribution in [0.5, 0.6) is 0 Å². The monoisotopic (exact) mass is 351 g/mol. The first-order chi connectivity index (χ1) is 11.3. The molecule has 6 heteroatoms. The van der Waals surface area contributed by atoms with E-state index in [1.54, 1.807) is 10.6 Å². The van der Waals surface area contributed by atoms with Crippen LogP contribution in [0.2, 0.25) is 0 Å². The van der Waals surface area contributed by atoms with E-state index in [1.165, 1.54) is 11.8 Å². The van der Waals surface area contributed by atoms with Crippen LogP contribution < -0.4 is 5.56 Å². The van der Waals surface area contributed by atoms with E-state index in [1.807, 2.05) is 11.8 Å². The normalized spacial score (nSPS) is 17.5. The highest BCUT2D eigenvalue weighted by Gasteiger charge is 2.30. The van der Waals surface area contributed by atoms with Crippen molar-refractivity contribution in [1.29, 1.82) is 0 Å². The average Bonchev–Trinajstić information content (AvgIpc) is 2.54. The molecule has 1 aromatic heterocycles. The molecule has 2 heterocycles. The summed E-state index contributed by atoms with van der Waals surface area (Å²) >= 11 is 1.53. The van der Waals surface area contributed by atoms with Gasteiger partial charge in [-0.15, -0.1) is 0 Å². The molecule has 0 saturated heterocycles. The van der Waals surface area contributed by atoms with E-state index in [4.69, 9.17) is 0 Å². The molecule has 0 bridgehead atoms. The number of unbranched alkanes of at least 4 members (excludes halogenated alkanes) is 1. The Bertz CT molecular complexity index is 649. The van der Waals surface area contributed by atoms with Crippen molar-refractivity contribution in [2.45, 2.75) is 64.6 Å². The lowest BCUT2D eigenvalue weighted by Crippen LogP contribution is -2.43. The molecule has 0 fully saturated rings. The molecule has 1 aliphatic heterocycles. The summed E-state index contributed by atoms with van der Waals surface area (Å²) in [6, 6.07) is 1.62. The lowest BCUT2D eigenvalue weighted by atomic mass is 9.92. The second kappa shape index (κ2) is 7.72. The van der Waals surface area contributed by atoms with Crippen molar-refractivity contribution in [2.75, 3.05) is 18.8 Å². The Hall–Kier alpha value is -1.30. The molecular formula is C18H29N3O2S. The molecule has 0 N–H and O–H groups in total. The predicted octanol–water partition coefficient (Wildman–Crippen LogP) is 2.91. The minimum absolute atomic E-state index is 0.0495. The third-order valence-corrected chi connectivity index (χ3v) is 5.52. The number of rotatable bonds is 5. The Kier molecular flexibility index (Phi) is 6.12.